The lowest BCUT2D eigenvalue weighted by atomic mass is 9.96. The van der Waals surface area contributed by atoms with E-state index in [-0.39, 0.29) is 17.4 Å². The number of hydrogen-bond acceptors (Lipinski definition) is 7. The Morgan fingerprint density at radius 2 is 1.96 bits per heavy atom. The van der Waals surface area contributed by atoms with Crippen molar-refractivity contribution in [3.63, 3.8) is 0 Å². The maximum absolute atomic E-state index is 5.50. The summed E-state index contributed by atoms with van der Waals surface area (Å²) < 4.78 is 10.8. The Labute approximate surface area is 136 Å². The van der Waals surface area contributed by atoms with E-state index >= 15 is 0 Å². The zero-order valence-corrected chi connectivity index (χ0v) is 14.5. The van der Waals surface area contributed by atoms with E-state index in [1.54, 1.807) is 0 Å². The predicted molar refractivity (Wildman–Crippen MR) is 84.0 cm³/mol. The van der Waals surface area contributed by atoms with E-state index in [4.69, 9.17) is 9.05 Å². The van der Waals surface area contributed by atoms with Gasteiger partial charge in [-0.1, -0.05) is 31.1 Å². The molecule has 0 amide bonds. The minimum absolute atomic E-state index is 0.0884. The van der Waals surface area contributed by atoms with Crippen LogP contribution in [0.15, 0.2) is 9.05 Å². The van der Waals surface area contributed by atoms with Crippen molar-refractivity contribution in [1.29, 1.82) is 0 Å². The number of nitrogens with zero attached hydrogens (tertiary/aromatic N) is 5. The lowest BCUT2D eigenvalue weighted by molar-refractivity contribution is 0.122. The molecule has 0 saturated carbocycles. The minimum atomic E-state index is -0.104. The number of aryl methyl sites for hydroxylation is 1. The quantitative estimate of drug-likeness (QED) is 0.860. The van der Waals surface area contributed by atoms with E-state index in [2.05, 4.69) is 52.9 Å². The fourth-order valence-corrected chi connectivity index (χ4v) is 2.90. The Morgan fingerprint density at radius 1 is 1.17 bits per heavy atom. The SMILES string of the molecule is Cc1noc([C@@H]2CCCN([C@H](C)c3nc(C(C)(C)C)no3)C2)n1. The lowest BCUT2D eigenvalue weighted by Crippen LogP contribution is -2.36. The molecule has 0 radical (unpaired) electrons. The van der Waals surface area contributed by atoms with Crippen LogP contribution in [0.3, 0.4) is 0 Å². The molecular formula is C16H25N5O2. The first-order valence-corrected chi connectivity index (χ1v) is 8.23. The van der Waals surface area contributed by atoms with Crippen LogP contribution in [0.5, 0.6) is 0 Å². The molecule has 0 aromatic carbocycles. The van der Waals surface area contributed by atoms with E-state index in [9.17, 15) is 0 Å². The van der Waals surface area contributed by atoms with Gasteiger partial charge >= 0.3 is 0 Å². The van der Waals surface area contributed by atoms with Gasteiger partial charge in [-0.15, -0.1) is 0 Å². The minimum Gasteiger partial charge on any atom is -0.339 e. The summed E-state index contributed by atoms with van der Waals surface area (Å²) in [5.74, 6) is 3.13. The first kappa shape index (κ1) is 16.1. The molecular weight excluding hydrogens is 294 g/mol. The Hall–Kier alpha value is -1.76. The average molecular weight is 319 g/mol. The molecule has 23 heavy (non-hydrogen) atoms. The molecule has 7 nitrogen and oxygen atoms in total. The molecule has 0 bridgehead atoms. The highest BCUT2D eigenvalue weighted by atomic mass is 16.5. The number of piperidine rings is 1. The van der Waals surface area contributed by atoms with Crippen molar-refractivity contribution >= 4 is 0 Å². The zero-order valence-electron chi connectivity index (χ0n) is 14.5. The normalized spacial score (nSPS) is 21.5. The molecule has 0 N–H and O–H groups in total. The topological polar surface area (TPSA) is 81.1 Å². The van der Waals surface area contributed by atoms with Crippen molar-refractivity contribution < 1.29 is 9.05 Å². The summed E-state index contributed by atoms with van der Waals surface area (Å²) in [5.41, 5.74) is -0.104. The van der Waals surface area contributed by atoms with Gasteiger partial charge in [-0.05, 0) is 33.2 Å². The Balaban J connectivity index is 1.72. The van der Waals surface area contributed by atoms with Crippen LogP contribution in [0.1, 0.15) is 75.9 Å². The van der Waals surface area contributed by atoms with Crippen molar-refractivity contribution in [2.45, 2.75) is 64.8 Å². The van der Waals surface area contributed by atoms with E-state index < -0.39 is 0 Å². The highest BCUT2D eigenvalue weighted by molar-refractivity contribution is 5.03. The Bertz CT molecular complexity index is 657. The molecule has 0 aliphatic carbocycles. The first-order chi connectivity index (χ1) is 10.8. The van der Waals surface area contributed by atoms with Crippen LogP contribution >= 0.6 is 0 Å². The monoisotopic (exact) mass is 319 g/mol. The largest absolute Gasteiger partial charge is 0.339 e. The summed E-state index contributed by atoms with van der Waals surface area (Å²) in [6.07, 6.45) is 2.17. The van der Waals surface area contributed by atoms with Gasteiger partial charge in [0.2, 0.25) is 11.8 Å². The fraction of sp³-hybridized carbons (Fsp3) is 0.750. The zero-order chi connectivity index (χ0) is 16.6. The van der Waals surface area contributed by atoms with Gasteiger partial charge in [0, 0.05) is 12.0 Å². The van der Waals surface area contributed by atoms with Crippen molar-refractivity contribution in [2.24, 2.45) is 0 Å². The molecule has 1 aliphatic heterocycles. The van der Waals surface area contributed by atoms with Crippen LogP contribution in [0, 0.1) is 6.92 Å². The fourth-order valence-electron chi connectivity index (χ4n) is 2.90. The molecule has 2 atom stereocenters. The molecule has 3 heterocycles. The van der Waals surface area contributed by atoms with Crippen LogP contribution < -0.4 is 0 Å². The van der Waals surface area contributed by atoms with Crippen LogP contribution in [-0.2, 0) is 5.41 Å². The van der Waals surface area contributed by atoms with E-state index in [0.29, 0.717) is 11.7 Å². The van der Waals surface area contributed by atoms with Crippen molar-refractivity contribution in [2.75, 3.05) is 13.1 Å². The van der Waals surface area contributed by atoms with Crippen molar-refractivity contribution in [3.8, 4) is 0 Å². The van der Waals surface area contributed by atoms with E-state index in [1.807, 2.05) is 6.92 Å². The summed E-state index contributed by atoms with van der Waals surface area (Å²) in [6.45, 7) is 12.1. The molecule has 2 aromatic heterocycles. The van der Waals surface area contributed by atoms with Gasteiger partial charge in [-0.2, -0.15) is 9.97 Å². The molecule has 0 unspecified atom stereocenters. The number of hydrogen-bond donors (Lipinski definition) is 0. The van der Waals surface area contributed by atoms with Crippen LogP contribution in [0.4, 0.5) is 0 Å². The predicted octanol–water partition coefficient (Wildman–Crippen LogP) is 3.00. The Kier molecular flexibility index (Phi) is 4.23. The summed E-state index contributed by atoms with van der Waals surface area (Å²) in [7, 11) is 0. The van der Waals surface area contributed by atoms with Gasteiger partial charge in [-0.3, -0.25) is 4.90 Å². The second-order valence-corrected chi connectivity index (χ2v) is 7.40. The van der Waals surface area contributed by atoms with Gasteiger partial charge in [0.05, 0.1) is 12.0 Å². The number of likely N-dealkylation sites (tertiary alicyclic amines) is 1. The highest BCUT2D eigenvalue weighted by Gasteiger charge is 2.31. The molecule has 1 aliphatic rings. The molecule has 3 rings (SSSR count). The van der Waals surface area contributed by atoms with Gasteiger partial charge in [0.25, 0.3) is 0 Å². The van der Waals surface area contributed by atoms with Gasteiger partial charge in [0.15, 0.2) is 11.6 Å². The van der Waals surface area contributed by atoms with Gasteiger partial charge in [0.1, 0.15) is 0 Å². The molecule has 0 spiro atoms. The second-order valence-electron chi connectivity index (χ2n) is 7.40. The third-order valence-electron chi connectivity index (χ3n) is 4.36. The second kappa shape index (κ2) is 6.03. The highest BCUT2D eigenvalue weighted by Crippen LogP contribution is 2.31. The smallest absolute Gasteiger partial charge is 0.243 e. The van der Waals surface area contributed by atoms with Gasteiger partial charge in [-0.25, -0.2) is 0 Å². The van der Waals surface area contributed by atoms with Crippen molar-refractivity contribution in [3.05, 3.63) is 23.4 Å². The van der Waals surface area contributed by atoms with E-state index in [1.165, 1.54) is 0 Å². The third kappa shape index (κ3) is 3.44. The maximum Gasteiger partial charge on any atom is 0.243 e. The van der Waals surface area contributed by atoms with Gasteiger partial charge < -0.3 is 9.05 Å². The molecule has 2 aromatic rings. The summed E-state index contributed by atoms with van der Waals surface area (Å²) >= 11 is 0. The molecule has 126 valence electrons. The molecule has 1 saturated heterocycles. The van der Waals surface area contributed by atoms with Crippen molar-refractivity contribution in [1.82, 2.24) is 25.2 Å². The lowest BCUT2D eigenvalue weighted by Gasteiger charge is -2.33. The third-order valence-corrected chi connectivity index (χ3v) is 4.36. The average Bonchev–Trinajstić information content (AvgIpc) is 3.15. The standard InChI is InChI=1S/C16H25N5O2/c1-10(13-18-15(20-22-13)16(3,4)5)21-8-6-7-12(9-21)14-17-11(2)19-23-14/h10,12H,6-9H2,1-5H3/t10-,12-/m1/s1. The summed E-state index contributed by atoms with van der Waals surface area (Å²) in [5, 5.41) is 8.03. The number of aromatic nitrogens is 4. The van der Waals surface area contributed by atoms with Crippen LogP contribution in [0.25, 0.3) is 0 Å². The molecule has 1 fully saturated rings. The van der Waals surface area contributed by atoms with E-state index in [0.717, 1.165) is 37.6 Å². The molecule has 7 heteroatoms. The summed E-state index contributed by atoms with van der Waals surface area (Å²) in [4.78, 5) is 11.3. The van der Waals surface area contributed by atoms with Crippen LogP contribution in [-0.4, -0.2) is 38.3 Å². The first-order valence-electron chi connectivity index (χ1n) is 8.23. The summed E-state index contributed by atoms with van der Waals surface area (Å²) in [6, 6.07) is 0.0884. The van der Waals surface area contributed by atoms with Crippen LogP contribution in [0.2, 0.25) is 0 Å². The number of rotatable bonds is 3. The Morgan fingerprint density at radius 3 is 2.57 bits per heavy atom. The maximum atomic E-state index is 5.50.